The first-order valence-electron chi connectivity index (χ1n) is 3.91. The highest BCUT2D eigenvalue weighted by molar-refractivity contribution is 6.36. The van der Waals surface area contributed by atoms with Gasteiger partial charge in [-0.15, -0.1) is 0 Å². The van der Waals surface area contributed by atoms with Gasteiger partial charge in [-0.05, 0) is 12.1 Å². The van der Waals surface area contributed by atoms with Gasteiger partial charge < -0.3 is 10.3 Å². The molecule has 0 spiro atoms. The monoisotopic (exact) mass is 227 g/mol. The van der Waals surface area contributed by atoms with E-state index in [1.807, 2.05) is 0 Å². The lowest BCUT2D eigenvalue weighted by Crippen LogP contribution is -1.94. The Hall–Kier alpha value is -1.19. The van der Waals surface area contributed by atoms with Gasteiger partial charge in [-0.3, -0.25) is 0 Å². The number of halogens is 2. The Morgan fingerprint density at radius 1 is 1.21 bits per heavy atom. The summed E-state index contributed by atoms with van der Waals surface area (Å²) in [4.78, 5) is 3.92. The smallest absolute Gasteiger partial charge is 0.0992 e. The number of hydrogen-bond acceptors (Lipinski definition) is 2. The number of rotatable bonds is 1. The lowest BCUT2D eigenvalue weighted by Gasteiger charge is -2.07. The molecule has 2 aromatic rings. The van der Waals surface area contributed by atoms with E-state index < -0.39 is 0 Å². The molecule has 1 aromatic heterocycles. The fourth-order valence-corrected chi connectivity index (χ4v) is 1.58. The molecule has 5 heteroatoms. The van der Waals surface area contributed by atoms with Crippen LogP contribution in [0.3, 0.4) is 0 Å². The largest absolute Gasteiger partial charge is 0.397 e. The minimum atomic E-state index is 0.473. The summed E-state index contributed by atoms with van der Waals surface area (Å²) in [7, 11) is 0. The van der Waals surface area contributed by atoms with Crippen molar-refractivity contribution in [3.05, 3.63) is 40.9 Å². The molecule has 0 saturated heterocycles. The lowest BCUT2D eigenvalue weighted by molar-refractivity contribution is 1.06. The van der Waals surface area contributed by atoms with Gasteiger partial charge in [-0.25, -0.2) is 4.98 Å². The second-order valence-corrected chi connectivity index (χ2v) is 3.61. The quantitative estimate of drug-likeness (QED) is 0.762. The van der Waals surface area contributed by atoms with Crippen LogP contribution in [-0.4, -0.2) is 9.55 Å². The van der Waals surface area contributed by atoms with E-state index in [0.29, 0.717) is 15.7 Å². The zero-order valence-electron chi connectivity index (χ0n) is 7.11. The molecule has 0 amide bonds. The molecule has 0 radical (unpaired) electrons. The molecule has 0 fully saturated rings. The highest BCUT2D eigenvalue weighted by atomic mass is 35.5. The van der Waals surface area contributed by atoms with E-state index >= 15 is 0 Å². The van der Waals surface area contributed by atoms with E-state index in [0.717, 1.165) is 5.69 Å². The summed E-state index contributed by atoms with van der Waals surface area (Å²) in [5.41, 5.74) is 6.84. The molecule has 1 aromatic carbocycles. The number of benzene rings is 1. The van der Waals surface area contributed by atoms with E-state index in [1.165, 1.54) is 0 Å². The second kappa shape index (κ2) is 3.52. The van der Waals surface area contributed by atoms with Crippen molar-refractivity contribution in [2.24, 2.45) is 0 Å². The van der Waals surface area contributed by atoms with Crippen LogP contribution >= 0.6 is 23.2 Å². The van der Waals surface area contributed by atoms with Gasteiger partial charge in [0.1, 0.15) is 0 Å². The molecule has 0 saturated carbocycles. The molecule has 2 N–H and O–H groups in total. The summed E-state index contributed by atoms with van der Waals surface area (Å²) >= 11 is 11.9. The minimum Gasteiger partial charge on any atom is -0.397 e. The third-order valence-corrected chi connectivity index (χ3v) is 2.48. The number of anilines is 1. The fourth-order valence-electron chi connectivity index (χ4n) is 1.15. The summed E-state index contributed by atoms with van der Waals surface area (Å²) in [5.74, 6) is 0. The van der Waals surface area contributed by atoms with Gasteiger partial charge in [-0.2, -0.15) is 0 Å². The van der Waals surface area contributed by atoms with Crippen molar-refractivity contribution in [1.82, 2.24) is 9.55 Å². The second-order valence-electron chi connectivity index (χ2n) is 2.80. The van der Waals surface area contributed by atoms with Crippen molar-refractivity contribution in [3.8, 4) is 5.69 Å². The number of aromatic nitrogens is 2. The molecule has 14 heavy (non-hydrogen) atoms. The van der Waals surface area contributed by atoms with Crippen LogP contribution in [0.5, 0.6) is 0 Å². The van der Waals surface area contributed by atoms with Crippen LogP contribution in [-0.2, 0) is 0 Å². The number of nitrogens with zero attached hydrogens (tertiary/aromatic N) is 2. The molecular weight excluding hydrogens is 221 g/mol. The maximum absolute atomic E-state index is 6.01. The fraction of sp³-hybridized carbons (Fsp3) is 0. The van der Waals surface area contributed by atoms with Gasteiger partial charge >= 0.3 is 0 Å². The number of imidazole rings is 1. The van der Waals surface area contributed by atoms with E-state index in [9.17, 15) is 0 Å². The van der Waals surface area contributed by atoms with Crippen LogP contribution in [0.15, 0.2) is 30.9 Å². The van der Waals surface area contributed by atoms with Crippen LogP contribution < -0.4 is 5.73 Å². The Kier molecular flexibility index (Phi) is 2.35. The Morgan fingerprint density at radius 3 is 2.64 bits per heavy atom. The Balaban J connectivity index is 2.60. The summed E-state index contributed by atoms with van der Waals surface area (Å²) in [5, 5.41) is 1.03. The normalized spacial score (nSPS) is 10.4. The summed E-state index contributed by atoms with van der Waals surface area (Å²) < 4.78 is 1.77. The van der Waals surface area contributed by atoms with E-state index in [1.54, 1.807) is 35.4 Å². The average Bonchev–Trinajstić information content (AvgIpc) is 2.64. The Bertz CT molecular complexity index is 451. The summed E-state index contributed by atoms with van der Waals surface area (Å²) in [6.45, 7) is 0. The highest BCUT2D eigenvalue weighted by Crippen LogP contribution is 2.29. The van der Waals surface area contributed by atoms with Crippen LogP contribution in [0.2, 0.25) is 10.0 Å². The number of nitrogens with two attached hydrogens (primary N) is 1. The average molecular weight is 228 g/mol. The first kappa shape index (κ1) is 9.37. The van der Waals surface area contributed by atoms with Crippen molar-refractivity contribution in [2.75, 3.05) is 5.73 Å². The molecule has 0 aliphatic rings. The predicted molar refractivity (Wildman–Crippen MR) is 58.0 cm³/mol. The molecule has 0 aliphatic heterocycles. The number of nitrogen functional groups attached to an aromatic ring is 1. The molecule has 0 aliphatic carbocycles. The molecule has 72 valence electrons. The molecule has 2 rings (SSSR count). The zero-order chi connectivity index (χ0) is 10.1. The topological polar surface area (TPSA) is 43.8 Å². The van der Waals surface area contributed by atoms with Crippen LogP contribution in [0.1, 0.15) is 0 Å². The lowest BCUT2D eigenvalue weighted by atomic mass is 10.3. The standard InChI is InChI=1S/C9H7Cl2N3/c10-6-4-9(7(11)3-8(6)12)14-2-1-13-5-14/h1-5H,12H2. The van der Waals surface area contributed by atoms with Crippen LogP contribution in [0.4, 0.5) is 5.69 Å². The van der Waals surface area contributed by atoms with Crippen LogP contribution in [0.25, 0.3) is 5.69 Å². The van der Waals surface area contributed by atoms with E-state index in [-0.39, 0.29) is 0 Å². The first-order valence-corrected chi connectivity index (χ1v) is 4.67. The van der Waals surface area contributed by atoms with Crippen molar-refractivity contribution in [2.45, 2.75) is 0 Å². The molecular formula is C9H7Cl2N3. The third-order valence-electron chi connectivity index (χ3n) is 1.85. The van der Waals surface area contributed by atoms with Crippen molar-refractivity contribution >= 4 is 28.9 Å². The van der Waals surface area contributed by atoms with Crippen molar-refractivity contribution < 1.29 is 0 Å². The minimum absolute atomic E-state index is 0.473. The van der Waals surface area contributed by atoms with Gasteiger partial charge in [0.15, 0.2) is 0 Å². The van der Waals surface area contributed by atoms with Gasteiger partial charge in [0.2, 0.25) is 0 Å². The first-order chi connectivity index (χ1) is 6.68. The predicted octanol–water partition coefficient (Wildman–Crippen LogP) is 2.76. The third kappa shape index (κ3) is 1.56. The van der Waals surface area contributed by atoms with Crippen molar-refractivity contribution in [3.63, 3.8) is 0 Å². The zero-order valence-corrected chi connectivity index (χ0v) is 8.63. The van der Waals surface area contributed by atoms with Gasteiger partial charge in [0.25, 0.3) is 0 Å². The molecule has 0 atom stereocenters. The number of hydrogen-bond donors (Lipinski definition) is 1. The van der Waals surface area contributed by atoms with Crippen molar-refractivity contribution in [1.29, 1.82) is 0 Å². The maximum atomic E-state index is 6.01. The van der Waals surface area contributed by atoms with Crippen LogP contribution in [0, 0.1) is 0 Å². The highest BCUT2D eigenvalue weighted by Gasteiger charge is 2.06. The molecule has 0 bridgehead atoms. The van der Waals surface area contributed by atoms with Gasteiger partial charge in [0.05, 0.1) is 27.7 Å². The van der Waals surface area contributed by atoms with Gasteiger partial charge in [0, 0.05) is 12.4 Å². The molecule has 0 unspecified atom stereocenters. The molecule has 3 nitrogen and oxygen atoms in total. The SMILES string of the molecule is Nc1cc(Cl)c(-n2ccnc2)cc1Cl. The maximum Gasteiger partial charge on any atom is 0.0992 e. The Labute approximate surface area is 91.1 Å². The summed E-state index contributed by atoms with van der Waals surface area (Å²) in [6, 6.07) is 3.33. The van der Waals surface area contributed by atoms with E-state index in [2.05, 4.69) is 4.98 Å². The molecule has 1 heterocycles. The Morgan fingerprint density at radius 2 is 2.00 bits per heavy atom. The van der Waals surface area contributed by atoms with E-state index in [4.69, 9.17) is 28.9 Å². The summed E-state index contributed by atoms with van der Waals surface area (Å²) in [6.07, 6.45) is 5.10. The van der Waals surface area contributed by atoms with Gasteiger partial charge in [-0.1, -0.05) is 23.2 Å².